The van der Waals surface area contributed by atoms with Crippen LogP contribution in [0.4, 0.5) is 0 Å². The number of aryl methyl sites for hydroxylation is 1. The van der Waals surface area contributed by atoms with Crippen LogP contribution >= 0.6 is 0 Å². The molecular weight excluding hydrogens is 332 g/mol. The molecule has 1 unspecified atom stereocenters. The lowest BCUT2D eigenvalue weighted by Crippen LogP contribution is -2.34. The predicted molar refractivity (Wildman–Crippen MR) is 89.4 cm³/mol. The fourth-order valence-electron chi connectivity index (χ4n) is 3.39. The fourth-order valence-corrected chi connectivity index (χ4v) is 3.85. The Morgan fingerprint density at radius 1 is 1.42 bits per heavy atom. The van der Waals surface area contributed by atoms with E-state index in [0.29, 0.717) is 23.0 Å². The van der Waals surface area contributed by atoms with Crippen LogP contribution in [0.3, 0.4) is 0 Å². The number of hydrogen-bond acceptors (Lipinski definition) is 6. The molecule has 132 valence electrons. The zero-order valence-corrected chi connectivity index (χ0v) is 14.9. The first-order chi connectivity index (χ1) is 11.2. The van der Waals surface area contributed by atoms with E-state index >= 15 is 0 Å². The molecule has 7 heteroatoms. The average Bonchev–Trinajstić information content (AvgIpc) is 2.49. The molecule has 0 amide bonds. The second-order valence-electron chi connectivity index (χ2n) is 6.75. The summed E-state index contributed by atoms with van der Waals surface area (Å²) in [6.45, 7) is 3.91. The third kappa shape index (κ3) is 3.72. The quantitative estimate of drug-likeness (QED) is 0.773. The topological polar surface area (TPSA) is 82.8 Å². The fraction of sp³-hybridized carbons (Fsp3) is 0.588. The molecule has 0 aromatic carbocycles. The van der Waals surface area contributed by atoms with Crippen LogP contribution < -0.4 is 10.4 Å². The van der Waals surface area contributed by atoms with Gasteiger partial charge in [0, 0.05) is 6.07 Å². The summed E-state index contributed by atoms with van der Waals surface area (Å²) in [6.07, 6.45) is 5.42. The first-order valence-electron chi connectivity index (χ1n) is 8.09. The highest BCUT2D eigenvalue weighted by Gasteiger charge is 2.34. The van der Waals surface area contributed by atoms with E-state index in [2.05, 4.69) is 0 Å². The van der Waals surface area contributed by atoms with Crippen molar-refractivity contribution in [3.8, 4) is 5.75 Å². The average molecular weight is 354 g/mol. The molecule has 1 aliphatic heterocycles. The molecule has 6 nitrogen and oxygen atoms in total. The van der Waals surface area contributed by atoms with Gasteiger partial charge in [-0.15, -0.1) is 0 Å². The SMILES string of the molecule is Cc1cc2c(c(=O)o1)C=C1CC[C@H](C(C)COS(C)(=O)=O)C[C@@H]1O2. The van der Waals surface area contributed by atoms with Gasteiger partial charge in [0.1, 0.15) is 23.2 Å². The number of fused-ring (bicyclic) bond motifs is 2. The van der Waals surface area contributed by atoms with E-state index in [1.54, 1.807) is 13.0 Å². The largest absolute Gasteiger partial charge is 0.485 e. The maximum atomic E-state index is 11.9. The highest BCUT2D eigenvalue weighted by Crippen LogP contribution is 2.40. The molecule has 0 radical (unpaired) electrons. The molecule has 1 aromatic heterocycles. The van der Waals surface area contributed by atoms with Gasteiger partial charge in [0.25, 0.3) is 10.1 Å². The third-order valence-corrected chi connectivity index (χ3v) is 5.32. The molecule has 1 saturated carbocycles. The Labute approximate surface area is 141 Å². The number of ether oxygens (including phenoxy) is 1. The van der Waals surface area contributed by atoms with Gasteiger partial charge in [0.05, 0.1) is 12.9 Å². The Morgan fingerprint density at radius 2 is 2.17 bits per heavy atom. The highest BCUT2D eigenvalue weighted by atomic mass is 32.2. The summed E-state index contributed by atoms with van der Waals surface area (Å²) in [5.74, 6) is 1.53. The van der Waals surface area contributed by atoms with Gasteiger partial charge in [0.2, 0.25) is 0 Å². The molecule has 0 N–H and O–H groups in total. The lowest BCUT2D eigenvalue weighted by atomic mass is 9.76. The molecule has 0 saturated heterocycles. The molecule has 3 atom stereocenters. The second kappa shape index (κ2) is 6.37. The molecule has 2 aliphatic rings. The summed E-state index contributed by atoms with van der Waals surface area (Å²) in [6, 6.07) is 1.74. The zero-order chi connectivity index (χ0) is 17.5. The smallest absolute Gasteiger partial charge is 0.346 e. The van der Waals surface area contributed by atoms with Crippen LogP contribution in [-0.2, 0) is 14.3 Å². The summed E-state index contributed by atoms with van der Waals surface area (Å²) in [5, 5.41) is 0. The van der Waals surface area contributed by atoms with E-state index < -0.39 is 10.1 Å². The minimum absolute atomic E-state index is 0.0712. The van der Waals surface area contributed by atoms with Crippen molar-refractivity contribution in [2.75, 3.05) is 12.9 Å². The van der Waals surface area contributed by atoms with E-state index in [4.69, 9.17) is 13.3 Å². The third-order valence-electron chi connectivity index (χ3n) is 4.76. The Kier molecular flexibility index (Phi) is 4.57. The van der Waals surface area contributed by atoms with Crippen LogP contribution in [0.5, 0.6) is 5.75 Å². The van der Waals surface area contributed by atoms with Crippen molar-refractivity contribution in [2.45, 2.75) is 39.2 Å². The molecule has 24 heavy (non-hydrogen) atoms. The lowest BCUT2D eigenvalue weighted by molar-refractivity contribution is 0.120. The molecular formula is C17H22O6S. The van der Waals surface area contributed by atoms with E-state index in [-0.39, 0.29) is 24.3 Å². The van der Waals surface area contributed by atoms with Crippen LogP contribution in [0.15, 0.2) is 20.9 Å². The van der Waals surface area contributed by atoms with Gasteiger partial charge in [-0.3, -0.25) is 4.18 Å². The number of rotatable bonds is 4. The van der Waals surface area contributed by atoms with Crippen molar-refractivity contribution in [1.82, 2.24) is 0 Å². The van der Waals surface area contributed by atoms with Crippen molar-refractivity contribution in [1.29, 1.82) is 0 Å². The van der Waals surface area contributed by atoms with Gasteiger partial charge in [-0.25, -0.2) is 4.79 Å². The minimum Gasteiger partial charge on any atom is -0.485 e. The first kappa shape index (κ1) is 17.2. The maximum Gasteiger partial charge on any atom is 0.346 e. The standard InChI is InChI=1S/C17H22O6S/c1-10(9-21-24(3,19)20)12-4-5-13-7-14-16(23-15(13)8-12)6-11(2)22-17(14)18/h6-7,10,12,15H,4-5,8-9H2,1-3H3/t10?,12-,15-/m0/s1. The normalized spacial score (nSPS) is 24.4. The molecule has 1 fully saturated rings. The minimum atomic E-state index is -3.42. The monoisotopic (exact) mass is 354 g/mol. The summed E-state index contributed by atoms with van der Waals surface area (Å²) >= 11 is 0. The van der Waals surface area contributed by atoms with E-state index in [1.807, 2.05) is 13.0 Å². The second-order valence-corrected chi connectivity index (χ2v) is 8.39. The summed E-state index contributed by atoms with van der Waals surface area (Å²) in [4.78, 5) is 11.9. The Balaban J connectivity index is 1.73. The predicted octanol–water partition coefficient (Wildman–Crippen LogP) is 2.51. The summed E-state index contributed by atoms with van der Waals surface area (Å²) in [5.41, 5.74) is 1.22. The summed E-state index contributed by atoms with van der Waals surface area (Å²) < 4.78 is 38.4. The van der Waals surface area contributed by atoms with Gasteiger partial charge in [0.15, 0.2) is 0 Å². The molecule has 2 heterocycles. The summed E-state index contributed by atoms with van der Waals surface area (Å²) in [7, 11) is -3.42. The Morgan fingerprint density at radius 3 is 2.88 bits per heavy atom. The van der Waals surface area contributed by atoms with Crippen molar-refractivity contribution in [3.05, 3.63) is 33.4 Å². The van der Waals surface area contributed by atoms with Crippen molar-refractivity contribution in [3.63, 3.8) is 0 Å². The van der Waals surface area contributed by atoms with E-state index in [0.717, 1.165) is 31.1 Å². The Bertz CT molecular complexity index is 820. The van der Waals surface area contributed by atoms with Crippen molar-refractivity contribution in [2.24, 2.45) is 11.8 Å². The first-order valence-corrected chi connectivity index (χ1v) is 9.91. The van der Waals surface area contributed by atoms with Crippen LogP contribution in [0.2, 0.25) is 0 Å². The van der Waals surface area contributed by atoms with Crippen LogP contribution in [-0.4, -0.2) is 27.4 Å². The molecule has 3 rings (SSSR count). The van der Waals surface area contributed by atoms with Crippen molar-refractivity contribution >= 4 is 16.2 Å². The van der Waals surface area contributed by atoms with Crippen LogP contribution in [0.1, 0.15) is 37.5 Å². The highest BCUT2D eigenvalue weighted by molar-refractivity contribution is 7.85. The van der Waals surface area contributed by atoms with E-state index in [9.17, 15) is 13.2 Å². The molecule has 0 spiro atoms. The molecule has 0 bridgehead atoms. The van der Waals surface area contributed by atoms with Gasteiger partial charge < -0.3 is 9.15 Å². The van der Waals surface area contributed by atoms with Crippen LogP contribution in [0, 0.1) is 18.8 Å². The zero-order valence-electron chi connectivity index (χ0n) is 14.1. The maximum absolute atomic E-state index is 11.9. The van der Waals surface area contributed by atoms with Crippen molar-refractivity contribution < 1.29 is 21.8 Å². The molecule has 1 aromatic rings. The molecule has 1 aliphatic carbocycles. The van der Waals surface area contributed by atoms with Gasteiger partial charge in [-0.1, -0.05) is 6.92 Å². The van der Waals surface area contributed by atoms with Gasteiger partial charge in [-0.2, -0.15) is 8.42 Å². The van der Waals surface area contributed by atoms with Gasteiger partial charge in [-0.05, 0) is 49.7 Å². The van der Waals surface area contributed by atoms with Crippen LogP contribution in [0.25, 0.3) is 6.08 Å². The number of hydrogen-bond donors (Lipinski definition) is 0. The lowest BCUT2D eigenvalue weighted by Gasteiger charge is -2.36. The Hall–Kier alpha value is -1.60. The van der Waals surface area contributed by atoms with Gasteiger partial charge >= 0.3 is 5.63 Å². The van der Waals surface area contributed by atoms with E-state index in [1.165, 1.54) is 0 Å².